The zero-order valence-electron chi connectivity index (χ0n) is 10.5. The van der Waals surface area contributed by atoms with E-state index in [9.17, 15) is 4.79 Å². The summed E-state index contributed by atoms with van der Waals surface area (Å²) in [4.78, 5) is 10.6. The van der Waals surface area contributed by atoms with Crippen molar-refractivity contribution in [2.24, 2.45) is 0 Å². The number of aryl methyl sites for hydroxylation is 1. The van der Waals surface area contributed by atoms with Crippen LogP contribution >= 0.6 is 0 Å². The fourth-order valence-electron chi connectivity index (χ4n) is 1.66. The van der Waals surface area contributed by atoms with Gasteiger partial charge in [0, 0.05) is 13.5 Å². The highest BCUT2D eigenvalue weighted by atomic mass is 16.1. The maximum atomic E-state index is 10.6. The summed E-state index contributed by atoms with van der Waals surface area (Å²) in [7, 11) is 0. The molecule has 0 unspecified atom stereocenters. The van der Waals surface area contributed by atoms with E-state index in [1.165, 1.54) is 5.56 Å². The van der Waals surface area contributed by atoms with E-state index in [2.05, 4.69) is 34.9 Å². The minimum Gasteiger partial charge on any atom is -0.356 e. The highest BCUT2D eigenvalue weighted by molar-refractivity contribution is 5.72. The van der Waals surface area contributed by atoms with Crippen molar-refractivity contribution in [1.29, 1.82) is 0 Å². The lowest BCUT2D eigenvalue weighted by atomic mass is 10.1. The summed E-state index contributed by atoms with van der Waals surface area (Å²) < 4.78 is 0. The number of hydrogen-bond acceptors (Lipinski definition) is 2. The van der Waals surface area contributed by atoms with Crippen LogP contribution in [-0.2, 0) is 11.2 Å². The lowest BCUT2D eigenvalue weighted by molar-refractivity contribution is -0.118. The van der Waals surface area contributed by atoms with Crippen molar-refractivity contribution in [3.63, 3.8) is 0 Å². The highest BCUT2D eigenvalue weighted by Gasteiger charge is 1.93. The Balaban J connectivity index is 1.90. The zero-order valence-corrected chi connectivity index (χ0v) is 10.5. The SMILES string of the molecule is CC(=O)NCCCNCCCc1ccccc1. The molecule has 2 N–H and O–H groups in total. The lowest BCUT2D eigenvalue weighted by Gasteiger charge is -2.05. The van der Waals surface area contributed by atoms with Crippen molar-refractivity contribution in [2.75, 3.05) is 19.6 Å². The largest absolute Gasteiger partial charge is 0.356 e. The van der Waals surface area contributed by atoms with E-state index in [4.69, 9.17) is 0 Å². The third-order valence-corrected chi connectivity index (χ3v) is 2.57. The monoisotopic (exact) mass is 234 g/mol. The average molecular weight is 234 g/mol. The summed E-state index contributed by atoms with van der Waals surface area (Å²) in [5.74, 6) is 0.0501. The van der Waals surface area contributed by atoms with E-state index in [1.807, 2.05) is 6.07 Å². The molecule has 0 saturated heterocycles. The van der Waals surface area contributed by atoms with Gasteiger partial charge in [-0.05, 0) is 37.9 Å². The lowest BCUT2D eigenvalue weighted by Crippen LogP contribution is -2.25. The predicted octanol–water partition coefficient (Wildman–Crippen LogP) is 1.73. The molecule has 1 rings (SSSR count). The van der Waals surface area contributed by atoms with E-state index in [-0.39, 0.29) is 5.91 Å². The number of carbonyl (C=O) groups excluding carboxylic acids is 1. The Morgan fingerprint density at radius 2 is 1.76 bits per heavy atom. The van der Waals surface area contributed by atoms with E-state index in [1.54, 1.807) is 6.92 Å². The number of benzene rings is 1. The number of amides is 1. The van der Waals surface area contributed by atoms with Crippen LogP contribution in [0.4, 0.5) is 0 Å². The maximum absolute atomic E-state index is 10.6. The predicted molar refractivity (Wildman–Crippen MR) is 70.9 cm³/mol. The molecular weight excluding hydrogens is 212 g/mol. The van der Waals surface area contributed by atoms with Gasteiger partial charge in [0.1, 0.15) is 0 Å². The molecule has 3 nitrogen and oxygen atoms in total. The quantitative estimate of drug-likeness (QED) is 0.673. The fraction of sp³-hybridized carbons (Fsp3) is 0.500. The molecule has 1 amide bonds. The van der Waals surface area contributed by atoms with Crippen LogP contribution in [-0.4, -0.2) is 25.5 Å². The molecule has 0 saturated carbocycles. The minimum atomic E-state index is 0.0501. The molecule has 0 bridgehead atoms. The van der Waals surface area contributed by atoms with Crippen LogP contribution in [0.25, 0.3) is 0 Å². The van der Waals surface area contributed by atoms with Gasteiger partial charge in [-0.1, -0.05) is 30.3 Å². The van der Waals surface area contributed by atoms with Crippen molar-refractivity contribution in [3.05, 3.63) is 35.9 Å². The van der Waals surface area contributed by atoms with Crippen molar-refractivity contribution in [1.82, 2.24) is 10.6 Å². The van der Waals surface area contributed by atoms with E-state index in [0.29, 0.717) is 0 Å². The summed E-state index contributed by atoms with van der Waals surface area (Å²) in [5, 5.41) is 6.16. The van der Waals surface area contributed by atoms with E-state index < -0.39 is 0 Å². The summed E-state index contributed by atoms with van der Waals surface area (Å²) in [5.41, 5.74) is 1.40. The Hall–Kier alpha value is -1.35. The number of nitrogens with one attached hydrogen (secondary N) is 2. The van der Waals surface area contributed by atoms with E-state index in [0.717, 1.165) is 38.9 Å². The molecule has 3 heteroatoms. The zero-order chi connectivity index (χ0) is 12.3. The first-order valence-electron chi connectivity index (χ1n) is 6.28. The number of carbonyl (C=O) groups is 1. The molecule has 0 aromatic heterocycles. The molecule has 0 aliphatic rings. The number of hydrogen-bond donors (Lipinski definition) is 2. The Morgan fingerprint density at radius 1 is 1.06 bits per heavy atom. The Labute approximate surface area is 104 Å². The minimum absolute atomic E-state index is 0.0501. The topological polar surface area (TPSA) is 41.1 Å². The van der Waals surface area contributed by atoms with Crippen molar-refractivity contribution < 1.29 is 4.79 Å². The van der Waals surface area contributed by atoms with Gasteiger partial charge in [0.2, 0.25) is 5.91 Å². The molecule has 0 aliphatic carbocycles. The molecule has 0 spiro atoms. The first-order chi connectivity index (χ1) is 8.29. The fourth-order valence-corrected chi connectivity index (χ4v) is 1.66. The van der Waals surface area contributed by atoms with Gasteiger partial charge in [-0.2, -0.15) is 0 Å². The molecule has 1 aromatic carbocycles. The summed E-state index contributed by atoms with van der Waals surface area (Å²) in [6.07, 6.45) is 3.27. The van der Waals surface area contributed by atoms with Gasteiger partial charge in [-0.15, -0.1) is 0 Å². The summed E-state index contributed by atoms with van der Waals surface area (Å²) >= 11 is 0. The highest BCUT2D eigenvalue weighted by Crippen LogP contribution is 2.01. The Bertz CT molecular complexity index is 311. The van der Waals surface area contributed by atoms with Gasteiger partial charge < -0.3 is 10.6 Å². The molecule has 0 atom stereocenters. The molecule has 17 heavy (non-hydrogen) atoms. The maximum Gasteiger partial charge on any atom is 0.216 e. The standard InChI is InChI=1S/C14H22N2O/c1-13(17)16-12-6-11-15-10-5-9-14-7-3-2-4-8-14/h2-4,7-8,15H,5-6,9-12H2,1H3,(H,16,17). The third kappa shape index (κ3) is 7.53. The van der Waals surface area contributed by atoms with Gasteiger partial charge in [0.25, 0.3) is 0 Å². The summed E-state index contributed by atoms with van der Waals surface area (Å²) in [6, 6.07) is 10.5. The second kappa shape index (κ2) is 8.76. The van der Waals surface area contributed by atoms with Crippen LogP contribution in [0.3, 0.4) is 0 Å². The van der Waals surface area contributed by atoms with Crippen LogP contribution in [0.5, 0.6) is 0 Å². The van der Waals surface area contributed by atoms with Gasteiger partial charge in [-0.3, -0.25) is 4.79 Å². The van der Waals surface area contributed by atoms with Gasteiger partial charge in [0.05, 0.1) is 0 Å². The van der Waals surface area contributed by atoms with Crippen molar-refractivity contribution >= 4 is 5.91 Å². The normalized spacial score (nSPS) is 10.2. The van der Waals surface area contributed by atoms with Crippen molar-refractivity contribution in [2.45, 2.75) is 26.2 Å². The van der Waals surface area contributed by atoms with Crippen LogP contribution in [0, 0.1) is 0 Å². The van der Waals surface area contributed by atoms with Gasteiger partial charge in [0.15, 0.2) is 0 Å². The van der Waals surface area contributed by atoms with Crippen LogP contribution in [0.2, 0.25) is 0 Å². The molecule has 0 radical (unpaired) electrons. The second-order valence-electron chi connectivity index (χ2n) is 4.18. The summed E-state index contributed by atoms with van der Waals surface area (Å²) in [6.45, 7) is 4.32. The first kappa shape index (κ1) is 13.7. The average Bonchev–Trinajstić information content (AvgIpc) is 2.33. The van der Waals surface area contributed by atoms with Crippen LogP contribution in [0.15, 0.2) is 30.3 Å². The van der Waals surface area contributed by atoms with Gasteiger partial charge in [-0.25, -0.2) is 0 Å². The third-order valence-electron chi connectivity index (χ3n) is 2.57. The molecular formula is C14H22N2O. The van der Waals surface area contributed by atoms with Gasteiger partial charge >= 0.3 is 0 Å². The molecule has 94 valence electrons. The first-order valence-corrected chi connectivity index (χ1v) is 6.28. The molecule has 0 fully saturated rings. The Morgan fingerprint density at radius 3 is 2.47 bits per heavy atom. The molecule has 0 heterocycles. The smallest absolute Gasteiger partial charge is 0.216 e. The Kier molecular flexibility index (Phi) is 7.07. The van der Waals surface area contributed by atoms with Crippen molar-refractivity contribution in [3.8, 4) is 0 Å². The van der Waals surface area contributed by atoms with Crippen LogP contribution in [0.1, 0.15) is 25.3 Å². The molecule has 1 aromatic rings. The second-order valence-corrected chi connectivity index (χ2v) is 4.18. The number of rotatable bonds is 8. The molecule has 0 aliphatic heterocycles. The van der Waals surface area contributed by atoms with E-state index >= 15 is 0 Å². The van der Waals surface area contributed by atoms with Crippen LogP contribution < -0.4 is 10.6 Å².